The maximum Gasteiger partial charge on any atom is 0.126 e. The lowest BCUT2D eigenvalue weighted by atomic mass is 9.95. The van der Waals surface area contributed by atoms with E-state index in [1.165, 1.54) is 0 Å². The highest BCUT2D eigenvalue weighted by molar-refractivity contribution is 5.43. The molecule has 0 radical (unpaired) electrons. The van der Waals surface area contributed by atoms with E-state index in [0.717, 1.165) is 29.7 Å². The van der Waals surface area contributed by atoms with Crippen molar-refractivity contribution in [3.05, 3.63) is 29.3 Å². The van der Waals surface area contributed by atoms with Crippen LogP contribution >= 0.6 is 0 Å². The van der Waals surface area contributed by atoms with E-state index in [2.05, 4.69) is 11.4 Å². The van der Waals surface area contributed by atoms with Gasteiger partial charge in [0.2, 0.25) is 0 Å². The van der Waals surface area contributed by atoms with E-state index in [4.69, 9.17) is 4.74 Å². The van der Waals surface area contributed by atoms with E-state index in [9.17, 15) is 10.2 Å². The number of ether oxygens (including phenoxy) is 1. The molecule has 4 nitrogen and oxygen atoms in total. The van der Waals surface area contributed by atoms with Crippen molar-refractivity contribution >= 4 is 0 Å². The van der Waals surface area contributed by atoms with E-state index < -0.39 is 5.54 Å². The van der Waals surface area contributed by atoms with Gasteiger partial charge in [0.1, 0.15) is 5.75 Å². The first-order valence-corrected chi connectivity index (χ1v) is 6.81. The minimum absolute atomic E-state index is 0.0952. The van der Waals surface area contributed by atoms with Gasteiger partial charge in [-0.15, -0.1) is 0 Å². The number of benzene rings is 1. The maximum absolute atomic E-state index is 9.44. The van der Waals surface area contributed by atoms with Gasteiger partial charge in [0.25, 0.3) is 0 Å². The first-order chi connectivity index (χ1) is 9.09. The van der Waals surface area contributed by atoms with Crippen LogP contribution in [0, 0.1) is 6.92 Å². The van der Waals surface area contributed by atoms with E-state index in [1.54, 1.807) is 0 Å². The lowest BCUT2D eigenvalue weighted by Gasteiger charge is -2.32. The summed E-state index contributed by atoms with van der Waals surface area (Å²) >= 11 is 0. The predicted octanol–water partition coefficient (Wildman–Crippen LogP) is 1.54. The third kappa shape index (κ3) is 3.08. The van der Waals surface area contributed by atoms with Crippen LogP contribution in [0.1, 0.15) is 36.9 Å². The van der Waals surface area contributed by atoms with Gasteiger partial charge in [-0.25, -0.2) is 0 Å². The Labute approximate surface area is 114 Å². The van der Waals surface area contributed by atoms with Gasteiger partial charge in [-0.3, -0.25) is 0 Å². The zero-order chi connectivity index (χ0) is 13.9. The van der Waals surface area contributed by atoms with E-state index >= 15 is 0 Å². The monoisotopic (exact) mass is 265 g/mol. The van der Waals surface area contributed by atoms with Crippen LogP contribution < -0.4 is 10.1 Å². The molecule has 0 saturated carbocycles. The number of fused-ring (bicyclic) bond motifs is 1. The molecule has 106 valence electrons. The highest BCUT2D eigenvalue weighted by atomic mass is 16.5. The number of hydrogen-bond acceptors (Lipinski definition) is 4. The molecule has 3 N–H and O–H groups in total. The highest BCUT2D eigenvalue weighted by Crippen LogP contribution is 2.34. The van der Waals surface area contributed by atoms with Crippen molar-refractivity contribution in [1.29, 1.82) is 0 Å². The van der Waals surface area contributed by atoms with Gasteiger partial charge in [-0.2, -0.15) is 0 Å². The Balaban J connectivity index is 2.30. The molecule has 1 unspecified atom stereocenters. The minimum Gasteiger partial charge on any atom is -0.493 e. The number of para-hydroxylation sites is 1. The summed E-state index contributed by atoms with van der Waals surface area (Å²) < 4.78 is 5.83. The number of hydrogen-bond donors (Lipinski definition) is 3. The average Bonchev–Trinajstić information content (AvgIpc) is 2.63. The van der Waals surface area contributed by atoms with Crippen LogP contribution in [0.4, 0.5) is 0 Å². The van der Waals surface area contributed by atoms with Crippen LogP contribution in [0.5, 0.6) is 5.75 Å². The van der Waals surface area contributed by atoms with E-state index in [0.29, 0.717) is 6.61 Å². The van der Waals surface area contributed by atoms with Crippen molar-refractivity contribution in [2.75, 3.05) is 19.8 Å². The molecular formula is C15H23NO3. The molecule has 0 aliphatic carbocycles. The topological polar surface area (TPSA) is 61.7 Å². The Bertz CT molecular complexity index is 429. The summed E-state index contributed by atoms with van der Waals surface area (Å²) in [6, 6.07) is 6.22. The molecule has 0 bridgehead atoms. The Morgan fingerprint density at radius 3 is 2.79 bits per heavy atom. The predicted molar refractivity (Wildman–Crippen MR) is 74.4 cm³/mol. The molecule has 0 saturated heterocycles. The molecule has 1 aromatic carbocycles. The van der Waals surface area contributed by atoms with Crippen LogP contribution in [0.25, 0.3) is 0 Å². The Kier molecular flexibility index (Phi) is 4.45. The van der Waals surface area contributed by atoms with Crippen LogP contribution in [-0.2, 0) is 0 Å². The Morgan fingerprint density at radius 2 is 2.11 bits per heavy atom. The third-order valence-corrected chi connectivity index (χ3v) is 3.72. The maximum atomic E-state index is 9.44. The van der Waals surface area contributed by atoms with Crippen molar-refractivity contribution in [3.63, 3.8) is 0 Å². The molecule has 1 aliphatic heterocycles. The molecule has 0 spiro atoms. The summed E-state index contributed by atoms with van der Waals surface area (Å²) in [5.74, 6) is 0.940. The molecule has 0 amide bonds. The molecule has 19 heavy (non-hydrogen) atoms. The lowest BCUT2D eigenvalue weighted by molar-refractivity contribution is 0.0926. The molecule has 1 atom stereocenters. The number of aliphatic hydroxyl groups is 2. The quantitative estimate of drug-likeness (QED) is 0.773. The Morgan fingerprint density at radius 1 is 1.37 bits per heavy atom. The van der Waals surface area contributed by atoms with Crippen LogP contribution in [0.2, 0.25) is 0 Å². The van der Waals surface area contributed by atoms with E-state index in [-0.39, 0.29) is 19.3 Å². The highest BCUT2D eigenvalue weighted by Gasteiger charge is 2.29. The van der Waals surface area contributed by atoms with Gasteiger partial charge in [-0.1, -0.05) is 18.2 Å². The first-order valence-electron chi connectivity index (χ1n) is 6.81. The van der Waals surface area contributed by atoms with Gasteiger partial charge in [0.15, 0.2) is 0 Å². The minimum atomic E-state index is -0.671. The zero-order valence-corrected chi connectivity index (χ0v) is 11.6. The molecule has 2 rings (SSSR count). The van der Waals surface area contributed by atoms with Crippen LogP contribution in [0.3, 0.4) is 0 Å². The summed E-state index contributed by atoms with van der Waals surface area (Å²) in [5, 5.41) is 22.2. The van der Waals surface area contributed by atoms with Crippen molar-refractivity contribution in [1.82, 2.24) is 5.32 Å². The summed E-state index contributed by atoms with van der Waals surface area (Å²) in [6.07, 6.45) is 1.89. The third-order valence-electron chi connectivity index (χ3n) is 3.72. The summed E-state index contributed by atoms with van der Waals surface area (Å²) in [7, 11) is 0. The second-order valence-corrected chi connectivity index (χ2v) is 5.56. The van der Waals surface area contributed by atoms with Crippen molar-refractivity contribution < 1.29 is 14.9 Å². The van der Waals surface area contributed by atoms with Crippen LogP contribution in [-0.4, -0.2) is 35.6 Å². The SMILES string of the molecule is Cc1cccc2c1OCCCC2NC(C)(CO)CO. The molecule has 1 aliphatic rings. The second kappa shape index (κ2) is 5.90. The summed E-state index contributed by atoms with van der Waals surface area (Å²) in [4.78, 5) is 0. The Hall–Kier alpha value is -1.10. The molecule has 4 heteroatoms. The fraction of sp³-hybridized carbons (Fsp3) is 0.600. The van der Waals surface area contributed by atoms with Gasteiger partial charge < -0.3 is 20.3 Å². The van der Waals surface area contributed by atoms with Gasteiger partial charge in [0, 0.05) is 11.6 Å². The first kappa shape index (κ1) is 14.3. The molecule has 1 heterocycles. The fourth-order valence-corrected chi connectivity index (χ4v) is 2.48. The van der Waals surface area contributed by atoms with Crippen molar-refractivity contribution in [2.45, 2.75) is 38.3 Å². The molecule has 1 aromatic rings. The van der Waals surface area contributed by atoms with Crippen LogP contribution in [0.15, 0.2) is 18.2 Å². The van der Waals surface area contributed by atoms with Gasteiger partial charge in [0.05, 0.1) is 25.4 Å². The standard InChI is InChI=1S/C15H23NO3/c1-11-5-3-6-12-13(7-4-8-19-14(11)12)16-15(2,9-17)10-18/h3,5-6,13,16-18H,4,7-10H2,1-2H3. The molecular weight excluding hydrogens is 242 g/mol. The number of rotatable bonds is 4. The smallest absolute Gasteiger partial charge is 0.126 e. The van der Waals surface area contributed by atoms with Gasteiger partial charge >= 0.3 is 0 Å². The normalized spacial score (nSPS) is 19.5. The summed E-state index contributed by atoms with van der Waals surface area (Å²) in [5.41, 5.74) is 1.57. The summed E-state index contributed by atoms with van der Waals surface area (Å²) in [6.45, 7) is 4.39. The van der Waals surface area contributed by atoms with E-state index in [1.807, 2.05) is 26.0 Å². The van der Waals surface area contributed by atoms with Gasteiger partial charge in [-0.05, 0) is 32.3 Å². The number of nitrogens with one attached hydrogen (secondary N) is 1. The molecule has 0 aromatic heterocycles. The average molecular weight is 265 g/mol. The fourth-order valence-electron chi connectivity index (χ4n) is 2.48. The number of aryl methyl sites for hydroxylation is 1. The second-order valence-electron chi connectivity index (χ2n) is 5.56. The van der Waals surface area contributed by atoms with Crippen molar-refractivity contribution in [3.8, 4) is 5.75 Å². The molecule has 0 fully saturated rings. The lowest BCUT2D eigenvalue weighted by Crippen LogP contribution is -2.50. The largest absolute Gasteiger partial charge is 0.493 e. The zero-order valence-electron chi connectivity index (χ0n) is 11.6. The number of aliphatic hydroxyl groups excluding tert-OH is 2. The van der Waals surface area contributed by atoms with Crippen molar-refractivity contribution in [2.24, 2.45) is 0 Å².